The number of carbonyl (C=O) groups excluding carboxylic acids is 1. The summed E-state index contributed by atoms with van der Waals surface area (Å²) >= 11 is 0. The van der Waals surface area contributed by atoms with Gasteiger partial charge in [-0.1, -0.05) is 398 Å². The number of unbranched alkanes of at least 4 members (excludes halogenated alkanes) is 58. The number of aliphatic hydroxyl groups excluding tert-OH is 2. The Morgan fingerprint density at radius 3 is 0.763 bits per heavy atom. The standard InChI is InChI=1S/C72H141NO3/c1-3-5-7-9-11-13-15-17-19-21-23-25-27-29-31-32-33-34-35-36-37-38-39-40-42-44-46-48-50-52-54-56-58-60-62-64-66-68-72(76)73-70(69-74)71(75)67-65-63-61-59-57-55-53-51-49-47-45-43-41-30-28-26-24-22-20-18-16-14-12-10-8-6-4-2/h57,59,65,67,70-71,74-75H,3-56,58,60-64,66,68-69H2,1-2H3,(H,73,76)/b59-57+,67-65+. The van der Waals surface area contributed by atoms with E-state index in [9.17, 15) is 15.0 Å². The third kappa shape index (κ3) is 63.7. The summed E-state index contributed by atoms with van der Waals surface area (Å²) in [6.07, 6.45) is 92.9. The molecule has 0 aliphatic carbocycles. The summed E-state index contributed by atoms with van der Waals surface area (Å²) in [5, 5.41) is 23.3. The fraction of sp³-hybridized carbons (Fsp3) is 0.931. The van der Waals surface area contributed by atoms with Gasteiger partial charge in [0.1, 0.15) is 0 Å². The fourth-order valence-electron chi connectivity index (χ4n) is 11.6. The van der Waals surface area contributed by atoms with Crippen LogP contribution in [0.1, 0.15) is 412 Å². The molecule has 3 N–H and O–H groups in total. The number of aliphatic hydroxyl groups is 2. The average molecular weight is 1070 g/mol. The lowest BCUT2D eigenvalue weighted by Gasteiger charge is -2.19. The summed E-state index contributed by atoms with van der Waals surface area (Å²) in [6, 6.07) is -0.638. The number of hydrogen-bond donors (Lipinski definition) is 3. The number of carbonyl (C=O) groups is 1. The van der Waals surface area contributed by atoms with Crippen molar-refractivity contribution in [3.8, 4) is 0 Å². The van der Waals surface area contributed by atoms with Gasteiger partial charge in [0.15, 0.2) is 0 Å². The van der Waals surface area contributed by atoms with Gasteiger partial charge in [-0.15, -0.1) is 0 Å². The van der Waals surface area contributed by atoms with Crippen molar-refractivity contribution in [2.45, 2.75) is 424 Å². The molecule has 76 heavy (non-hydrogen) atoms. The van der Waals surface area contributed by atoms with Gasteiger partial charge in [0.05, 0.1) is 18.8 Å². The van der Waals surface area contributed by atoms with E-state index >= 15 is 0 Å². The Kier molecular flexibility index (Phi) is 67.1. The lowest BCUT2D eigenvalue weighted by molar-refractivity contribution is -0.123. The smallest absolute Gasteiger partial charge is 0.220 e. The minimum Gasteiger partial charge on any atom is -0.394 e. The molecule has 1 amide bonds. The second-order valence-corrected chi connectivity index (χ2v) is 24.7. The quantitative estimate of drug-likeness (QED) is 0.0420. The maximum absolute atomic E-state index is 12.5. The van der Waals surface area contributed by atoms with E-state index in [0.717, 1.165) is 32.1 Å². The summed E-state index contributed by atoms with van der Waals surface area (Å²) in [7, 11) is 0. The monoisotopic (exact) mass is 1070 g/mol. The zero-order chi connectivity index (χ0) is 54.8. The molecule has 0 bridgehead atoms. The Bertz CT molecular complexity index is 1120. The van der Waals surface area contributed by atoms with Crippen molar-refractivity contribution in [1.82, 2.24) is 5.32 Å². The summed E-state index contributed by atoms with van der Waals surface area (Å²) < 4.78 is 0. The van der Waals surface area contributed by atoms with Crippen molar-refractivity contribution in [1.29, 1.82) is 0 Å². The molecule has 0 aromatic rings. The van der Waals surface area contributed by atoms with Gasteiger partial charge in [0.25, 0.3) is 0 Å². The van der Waals surface area contributed by atoms with E-state index < -0.39 is 12.1 Å². The summed E-state index contributed by atoms with van der Waals surface area (Å²) in [6.45, 7) is 4.35. The average Bonchev–Trinajstić information content (AvgIpc) is 3.42. The van der Waals surface area contributed by atoms with E-state index in [2.05, 4.69) is 31.3 Å². The molecule has 0 saturated carbocycles. The number of rotatable bonds is 67. The van der Waals surface area contributed by atoms with Gasteiger partial charge in [-0.25, -0.2) is 0 Å². The van der Waals surface area contributed by atoms with E-state index in [4.69, 9.17) is 0 Å². The van der Waals surface area contributed by atoms with Gasteiger partial charge in [-0.2, -0.15) is 0 Å². The third-order valence-corrected chi connectivity index (χ3v) is 16.9. The number of amides is 1. The fourth-order valence-corrected chi connectivity index (χ4v) is 11.6. The first kappa shape index (κ1) is 74.9. The second kappa shape index (κ2) is 68.1. The Hall–Kier alpha value is -1.13. The predicted octanol–water partition coefficient (Wildman–Crippen LogP) is 24.2. The number of allylic oxidation sites excluding steroid dienone is 3. The van der Waals surface area contributed by atoms with Crippen LogP contribution in [0.2, 0.25) is 0 Å². The van der Waals surface area contributed by atoms with Gasteiger partial charge >= 0.3 is 0 Å². The van der Waals surface area contributed by atoms with Crippen molar-refractivity contribution in [2.75, 3.05) is 6.61 Å². The minimum atomic E-state index is -0.861. The first-order valence-corrected chi connectivity index (χ1v) is 35.6. The maximum atomic E-state index is 12.5. The Morgan fingerprint density at radius 2 is 0.513 bits per heavy atom. The van der Waals surface area contributed by atoms with Crippen molar-refractivity contribution in [3.05, 3.63) is 24.3 Å². The molecule has 0 aromatic heterocycles. The van der Waals surface area contributed by atoms with Gasteiger partial charge < -0.3 is 15.5 Å². The van der Waals surface area contributed by atoms with Crippen molar-refractivity contribution < 1.29 is 15.0 Å². The van der Waals surface area contributed by atoms with E-state index in [1.54, 1.807) is 6.08 Å². The van der Waals surface area contributed by atoms with Crippen LogP contribution in [0.5, 0.6) is 0 Å². The molecule has 0 fully saturated rings. The minimum absolute atomic E-state index is 0.0639. The van der Waals surface area contributed by atoms with Crippen LogP contribution in [0.15, 0.2) is 24.3 Å². The molecule has 0 aliphatic rings. The van der Waals surface area contributed by atoms with E-state index in [-0.39, 0.29) is 12.5 Å². The molecule has 4 heteroatoms. The van der Waals surface area contributed by atoms with Crippen LogP contribution in [-0.4, -0.2) is 34.9 Å². The van der Waals surface area contributed by atoms with Crippen molar-refractivity contribution in [3.63, 3.8) is 0 Å². The molecule has 452 valence electrons. The summed E-state index contributed by atoms with van der Waals surface area (Å²) in [4.78, 5) is 12.5. The Balaban J connectivity index is 3.41. The number of hydrogen-bond acceptors (Lipinski definition) is 3. The summed E-state index contributed by atoms with van der Waals surface area (Å²) in [5.41, 5.74) is 0. The highest BCUT2D eigenvalue weighted by Gasteiger charge is 2.18. The molecule has 0 aliphatic heterocycles. The Morgan fingerprint density at radius 1 is 0.303 bits per heavy atom. The highest BCUT2D eigenvalue weighted by Crippen LogP contribution is 2.20. The molecule has 0 heterocycles. The van der Waals surface area contributed by atoms with Crippen LogP contribution in [0, 0.1) is 0 Å². The molecule has 0 rings (SSSR count). The van der Waals surface area contributed by atoms with Crippen molar-refractivity contribution >= 4 is 5.91 Å². The predicted molar refractivity (Wildman–Crippen MR) is 341 cm³/mol. The molecule has 2 atom stereocenters. The van der Waals surface area contributed by atoms with E-state index in [0.29, 0.717) is 6.42 Å². The van der Waals surface area contributed by atoms with Crippen molar-refractivity contribution in [2.24, 2.45) is 0 Å². The van der Waals surface area contributed by atoms with Gasteiger partial charge in [-0.05, 0) is 32.1 Å². The van der Waals surface area contributed by atoms with Crippen LogP contribution >= 0.6 is 0 Å². The molecule has 2 unspecified atom stereocenters. The van der Waals surface area contributed by atoms with Crippen LogP contribution < -0.4 is 5.32 Å². The topological polar surface area (TPSA) is 69.6 Å². The zero-order valence-electron chi connectivity index (χ0n) is 52.3. The summed E-state index contributed by atoms with van der Waals surface area (Å²) in [5.74, 6) is -0.0639. The molecule has 0 spiro atoms. The normalized spacial score (nSPS) is 12.7. The third-order valence-electron chi connectivity index (χ3n) is 16.9. The van der Waals surface area contributed by atoms with Gasteiger partial charge in [-0.3, -0.25) is 4.79 Å². The lowest BCUT2D eigenvalue weighted by Crippen LogP contribution is -2.45. The van der Waals surface area contributed by atoms with Crippen LogP contribution in [-0.2, 0) is 4.79 Å². The first-order chi connectivity index (χ1) is 37.7. The second-order valence-electron chi connectivity index (χ2n) is 24.7. The van der Waals surface area contributed by atoms with Gasteiger partial charge in [0.2, 0.25) is 5.91 Å². The molecule has 0 radical (unpaired) electrons. The lowest BCUT2D eigenvalue weighted by atomic mass is 10.0. The molecule has 0 saturated heterocycles. The van der Waals surface area contributed by atoms with Crippen LogP contribution in [0.4, 0.5) is 0 Å². The SMILES string of the molecule is CCCCCCCCCCCCCCCCCCCCCCC/C=C/CC/C=C/C(O)C(CO)NC(=O)CCCCCCCCCCCCCCCCCCCCCCCCCCCCCCCCCCCCCCC. The van der Waals surface area contributed by atoms with E-state index in [1.807, 2.05) is 6.08 Å². The Labute approximate surface area is 479 Å². The highest BCUT2D eigenvalue weighted by molar-refractivity contribution is 5.76. The largest absolute Gasteiger partial charge is 0.394 e. The van der Waals surface area contributed by atoms with Gasteiger partial charge in [0, 0.05) is 6.42 Å². The first-order valence-electron chi connectivity index (χ1n) is 35.6. The molecular formula is C72H141NO3. The maximum Gasteiger partial charge on any atom is 0.220 e. The number of nitrogens with one attached hydrogen (secondary N) is 1. The van der Waals surface area contributed by atoms with Crippen LogP contribution in [0.3, 0.4) is 0 Å². The zero-order valence-corrected chi connectivity index (χ0v) is 52.3. The molecule has 4 nitrogen and oxygen atoms in total. The molecular weight excluding hydrogens is 927 g/mol. The highest BCUT2D eigenvalue weighted by atomic mass is 16.3. The molecule has 0 aromatic carbocycles. The van der Waals surface area contributed by atoms with E-state index in [1.165, 1.54) is 360 Å². The van der Waals surface area contributed by atoms with Crippen LogP contribution in [0.25, 0.3) is 0 Å².